The fraction of sp³-hybridized carbons (Fsp3) is 0.440. The number of hydrogen-bond donors (Lipinski definition) is 2. The zero-order chi connectivity index (χ0) is 26.4. The Bertz CT molecular complexity index is 1230. The molecule has 12 heteroatoms. The number of nitriles is 1. The molecule has 0 bridgehead atoms. The second kappa shape index (κ2) is 12.0. The fourth-order valence-electron chi connectivity index (χ4n) is 4.50. The van der Waals surface area contributed by atoms with Gasteiger partial charge in [-0.15, -0.1) is 0 Å². The van der Waals surface area contributed by atoms with Crippen molar-refractivity contribution < 1.29 is 19.1 Å². The number of hydrogen-bond acceptors (Lipinski definition) is 9. The summed E-state index contributed by atoms with van der Waals surface area (Å²) in [5, 5.41) is 15.4. The normalized spacial score (nSPS) is 16.8. The predicted octanol–water partition coefficient (Wildman–Crippen LogP) is 2.67. The van der Waals surface area contributed by atoms with E-state index in [0.29, 0.717) is 67.2 Å². The third-order valence-corrected chi connectivity index (χ3v) is 7.02. The highest BCUT2D eigenvalue weighted by Gasteiger charge is 2.33. The summed E-state index contributed by atoms with van der Waals surface area (Å²) in [5.41, 5.74) is 2.67. The summed E-state index contributed by atoms with van der Waals surface area (Å²) < 4.78 is 5.22. The van der Waals surface area contributed by atoms with Crippen molar-refractivity contribution in [3.8, 4) is 6.07 Å². The number of amides is 3. The summed E-state index contributed by atoms with van der Waals surface area (Å²) in [6, 6.07) is 5.18. The highest BCUT2D eigenvalue weighted by Crippen LogP contribution is 2.29. The standard InChI is InChI=1S/C25H29N7O4S/c1-36-21-5-8-31(24(21)34)14-17-10-16-4-3-7-32(23(16)29-20(17)15-33)25(35)30-22-11-19(27-6-9-37-2)18(12-26)13-28-22/h10-11,13,15,21H,3-9,14H2,1-2H3,(H2,27,28,30,35)/t21-/m1/s1. The molecule has 4 rings (SSSR count). The lowest BCUT2D eigenvalue weighted by atomic mass is 10.0. The lowest BCUT2D eigenvalue weighted by Gasteiger charge is -2.29. The van der Waals surface area contributed by atoms with Gasteiger partial charge in [0, 0.05) is 63.3 Å². The number of pyridine rings is 2. The Morgan fingerprint density at radius 2 is 2.22 bits per heavy atom. The van der Waals surface area contributed by atoms with Gasteiger partial charge in [0.15, 0.2) is 6.29 Å². The van der Waals surface area contributed by atoms with E-state index in [9.17, 15) is 19.6 Å². The number of methoxy groups -OCH3 is 1. The quantitative estimate of drug-likeness (QED) is 0.375. The molecular weight excluding hydrogens is 494 g/mol. The minimum absolute atomic E-state index is 0.102. The molecular formula is C25H29N7O4S. The number of thioether (sulfide) groups is 1. The highest BCUT2D eigenvalue weighted by molar-refractivity contribution is 7.98. The summed E-state index contributed by atoms with van der Waals surface area (Å²) in [7, 11) is 1.51. The summed E-state index contributed by atoms with van der Waals surface area (Å²) in [6.45, 7) is 1.91. The number of rotatable bonds is 9. The van der Waals surface area contributed by atoms with Gasteiger partial charge in [0.2, 0.25) is 0 Å². The number of aldehydes is 1. The molecule has 0 saturated carbocycles. The SMILES string of the molecule is CO[C@@H]1CCN(Cc2cc3c(nc2C=O)N(C(=O)Nc2cc(NCCSC)c(C#N)cn2)CCC3)C1=O. The van der Waals surface area contributed by atoms with Gasteiger partial charge in [-0.05, 0) is 30.7 Å². The Labute approximate surface area is 219 Å². The molecule has 0 aliphatic carbocycles. The van der Waals surface area contributed by atoms with Gasteiger partial charge >= 0.3 is 6.03 Å². The van der Waals surface area contributed by atoms with E-state index in [1.807, 2.05) is 12.3 Å². The number of nitrogens with one attached hydrogen (secondary N) is 2. The highest BCUT2D eigenvalue weighted by atomic mass is 32.2. The summed E-state index contributed by atoms with van der Waals surface area (Å²) in [6.07, 6.45) is 5.65. The number of urea groups is 1. The Kier molecular flexibility index (Phi) is 8.58. The van der Waals surface area contributed by atoms with Gasteiger partial charge in [0.05, 0.1) is 11.3 Å². The predicted molar refractivity (Wildman–Crippen MR) is 141 cm³/mol. The van der Waals surface area contributed by atoms with Gasteiger partial charge in [-0.1, -0.05) is 0 Å². The zero-order valence-electron chi connectivity index (χ0n) is 20.8. The Morgan fingerprint density at radius 3 is 2.92 bits per heavy atom. The van der Waals surface area contributed by atoms with Crippen LogP contribution in [0.3, 0.4) is 0 Å². The number of carbonyl (C=O) groups is 3. The first-order valence-corrected chi connectivity index (χ1v) is 13.4. The largest absolute Gasteiger partial charge is 0.383 e. The average molecular weight is 524 g/mol. The maximum Gasteiger partial charge on any atom is 0.328 e. The van der Waals surface area contributed by atoms with Crippen LogP contribution >= 0.6 is 11.8 Å². The van der Waals surface area contributed by atoms with Gasteiger partial charge < -0.3 is 15.0 Å². The number of anilines is 3. The second-order valence-corrected chi connectivity index (χ2v) is 9.72. The first-order chi connectivity index (χ1) is 18.0. The molecule has 2 aliphatic rings. The van der Waals surface area contributed by atoms with Crippen LogP contribution in [0.2, 0.25) is 0 Å². The molecule has 0 spiro atoms. The van der Waals surface area contributed by atoms with Crippen LogP contribution in [0.5, 0.6) is 0 Å². The van der Waals surface area contributed by atoms with Gasteiger partial charge in [0.25, 0.3) is 5.91 Å². The number of aryl methyl sites for hydroxylation is 1. The average Bonchev–Trinajstić information content (AvgIpc) is 3.26. The van der Waals surface area contributed by atoms with E-state index >= 15 is 0 Å². The Balaban J connectivity index is 1.53. The van der Waals surface area contributed by atoms with Crippen LogP contribution in [0, 0.1) is 11.3 Å². The van der Waals surface area contributed by atoms with E-state index in [4.69, 9.17) is 4.74 Å². The van der Waals surface area contributed by atoms with Crippen molar-refractivity contribution in [3.05, 3.63) is 40.7 Å². The first-order valence-electron chi connectivity index (χ1n) is 12.0. The fourth-order valence-corrected chi connectivity index (χ4v) is 4.81. The molecule has 1 atom stereocenters. The molecule has 1 saturated heterocycles. The molecule has 4 heterocycles. The van der Waals surface area contributed by atoms with Crippen molar-refractivity contribution in [3.63, 3.8) is 0 Å². The molecule has 0 unspecified atom stereocenters. The monoisotopic (exact) mass is 523 g/mol. The molecule has 2 aromatic heterocycles. The maximum atomic E-state index is 13.2. The topological polar surface area (TPSA) is 141 Å². The minimum atomic E-state index is -0.457. The second-order valence-electron chi connectivity index (χ2n) is 8.74. The van der Waals surface area contributed by atoms with Crippen LogP contribution in [0.25, 0.3) is 0 Å². The van der Waals surface area contributed by atoms with E-state index in [1.165, 1.54) is 18.2 Å². The van der Waals surface area contributed by atoms with E-state index in [0.717, 1.165) is 17.7 Å². The van der Waals surface area contributed by atoms with E-state index in [2.05, 4.69) is 26.7 Å². The summed E-state index contributed by atoms with van der Waals surface area (Å²) in [5.74, 6) is 1.49. The minimum Gasteiger partial charge on any atom is -0.383 e. The molecule has 11 nitrogen and oxygen atoms in total. The number of nitrogens with zero attached hydrogens (tertiary/aromatic N) is 5. The van der Waals surface area contributed by atoms with Crippen LogP contribution in [0.1, 0.15) is 40.0 Å². The van der Waals surface area contributed by atoms with Crippen LogP contribution in [-0.2, 0) is 22.5 Å². The Hall–Kier alpha value is -3.69. The molecule has 194 valence electrons. The van der Waals surface area contributed by atoms with Crippen LogP contribution in [0.15, 0.2) is 18.3 Å². The van der Waals surface area contributed by atoms with E-state index < -0.39 is 12.1 Å². The molecule has 2 aromatic rings. The molecule has 37 heavy (non-hydrogen) atoms. The van der Waals surface area contributed by atoms with Crippen molar-refractivity contribution >= 4 is 47.3 Å². The first kappa shape index (κ1) is 26.4. The van der Waals surface area contributed by atoms with Crippen LogP contribution in [-0.4, -0.2) is 77.9 Å². The van der Waals surface area contributed by atoms with Gasteiger partial charge in [-0.3, -0.25) is 19.8 Å². The zero-order valence-corrected chi connectivity index (χ0v) is 21.6. The van der Waals surface area contributed by atoms with Gasteiger partial charge in [-0.25, -0.2) is 14.8 Å². The Morgan fingerprint density at radius 1 is 1.38 bits per heavy atom. The van der Waals surface area contributed by atoms with Crippen LogP contribution in [0.4, 0.5) is 22.1 Å². The van der Waals surface area contributed by atoms with Crippen molar-refractivity contribution in [2.24, 2.45) is 0 Å². The molecule has 2 aliphatic heterocycles. The van der Waals surface area contributed by atoms with Crippen molar-refractivity contribution in [2.45, 2.75) is 31.9 Å². The lowest BCUT2D eigenvalue weighted by molar-refractivity contribution is -0.136. The van der Waals surface area contributed by atoms with E-state index in [-0.39, 0.29) is 18.1 Å². The number of fused-ring (bicyclic) bond motifs is 1. The molecule has 1 fully saturated rings. The molecule has 2 N–H and O–H groups in total. The summed E-state index contributed by atoms with van der Waals surface area (Å²) in [4.78, 5) is 49.5. The number of ether oxygens (including phenoxy) is 1. The van der Waals surface area contributed by atoms with E-state index in [1.54, 1.807) is 22.7 Å². The third-order valence-electron chi connectivity index (χ3n) is 6.41. The van der Waals surface area contributed by atoms with Gasteiger partial charge in [-0.2, -0.15) is 17.0 Å². The van der Waals surface area contributed by atoms with Gasteiger partial charge in [0.1, 0.15) is 29.5 Å². The number of aromatic nitrogens is 2. The molecule has 0 radical (unpaired) electrons. The third kappa shape index (κ3) is 5.84. The van der Waals surface area contributed by atoms with Crippen molar-refractivity contribution in [1.29, 1.82) is 5.26 Å². The molecule has 3 amide bonds. The van der Waals surface area contributed by atoms with Crippen molar-refractivity contribution in [1.82, 2.24) is 14.9 Å². The molecule has 0 aromatic carbocycles. The van der Waals surface area contributed by atoms with Crippen molar-refractivity contribution in [2.75, 3.05) is 54.3 Å². The number of likely N-dealkylation sites (tertiary alicyclic amines) is 1. The van der Waals surface area contributed by atoms with Crippen LogP contribution < -0.4 is 15.5 Å². The number of carbonyl (C=O) groups excluding carboxylic acids is 3. The maximum absolute atomic E-state index is 13.2. The summed E-state index contributed by atoms with van der Waals surface area (Å²) >= 11 is 1.68. The lowest BCUT2D eigenvalue weighted by Crippen LogP contribution is -2.40. The smallest absolute Gasteiger partial charge is 0.328 e.